The monoisotopic (exact) mass is 526 g/mol. The highest BCUT2D eigenvalue weighted by atomic mass is 15.2. The van der Waals surface area contributed by atoms with Gasteiger partial charge in [0.25, 0.3) is 0 Å². The van der Waals surface area contributed by atoms with Gasteiger partial charge in [-0.15, -0.1) is 0 Å². The zero-order valence-electron chi connectivity index (χ0n) is 26.4. The molecule has 2 aromatic carbocycles. The van der Waals surface area contributed by atoms with Crippen molar-refractivity contribution in [2.75, 3.05) is 0 Å². The number of hydrogen-bond acceptors (Lipinski definition) is 0. The van der Waals surface area contributed by atoms with Gasteiger partial charge >= 0.3 is 0 Å². The van der Waals surface area contributed by atoms with Gasteiger partial charge in [-0.1, -0.05) is 74.7 Å². The number of hydrogen-bond donors (Lipinski definition) is 0. The lowest BCUT2D eigenvalue weighted by atomic mass is 9.88. The summed E-state index contributed by atoms with van der Waals surface area (Å²) < 4.78 is 1.60. The van der Waals surface area contributed by atoms with Crippen LogP contribution in [0.2, 0.25) is 0 Å². The molecule has 2 heteroatoms. The maximum atomic E-state index is 12.2. The van der Waals surface area contributed by atoms with Crippen LogP contribution in [0.15, 0.2) is 35.4 Å². The fraction of sp³-hybridized carbons (Fsp3) is 0.568. The van der Waals surface area contributed by atoms with Gasteiger partial charge in [-0.25, -0.2) is 4.70 Å². The Morgan fingerprint density at radius 3 is 1.15 bits per heavy atom. The molecule has 1 heterocycles. The van der Waals surface area contributed by atoms with E-state index in [2.05, 4.69) is 79.7 Å². The lowest BCUT2D eigenvalue weighted by Crippen LogP contribution is -2.07. The van der Waals surface area contributed by atoms with Crippen molar-refractivity contribution in [2.45, 2.75) is 139 Å². The normalized spacial score (nSPS) is 13.8. The first kappa shape index (κ1) is 31.1. The second-order valence-corrected chi connectivity index (χ2v) is 11.2. The second kappa shape index (κ2) is 14.8. The van der Waals surface area contributed by atoms with Crippen molar-refractivity contribution in [2.24, 2.45) is 0 Å². The van der Waals surface area contributed by atoms with Crippen LogP contribution in [0.1, 0.15) is 145 Å². The van der Waals surface area contributed by atoms with Crippen molar-refractivity contribution < 1.29 is 4.70 Å². The third kappa shape index (κ3) is 6.47. The fourth-order valence-corrected chi connectivity index (χ4v) is 6.73. The van der Waals surface area contributed by atoms with Gasteiger partial charge in [0, 0.05) is 22.3 Å². The molecule has 0 bridgehead atoms. The van der Waals surface area contributed by atoms with Crippen molar-refractivity contribution in [3.63, 3.8) is 0 Å². The number of rotatable bonds is 15. The molecular formula is C37H54N2. The zero-order chi connectivity index (χ0) is 28.5. The minimum atomic E-state index is 1.01. The Balaban J connectivity index is 2.32. The summed E-state index contributed by atoms with van der Waals surface area (Å²) >= 11 is 0. The smallest absolute Gasteiger partial charge is 0.211 e. The number of nitrogens with zero attached hydrogens (tertiary/aromatic N) is 2. The molecule has 0 N–H and O–H groups in total. The van der Waals surface area contributed by atoms with Gasteiger partial charge < -0.3 is 5.53 Å². The summed E-state index contributed by atoms with van der Waals surface area (Å²) in [5, 5.41) is 0. The van der Waals surface area contributed by atoms with E-state index in [9.17, 15) is 5.53 Å². The van der Waals surface area contributed by atoms with Gasteiger partial charge in [-0.05, 0) is 122 Å². The first-order chi connectivity index (χ1) is 18.9. The minimum Gasteiger partial charge on any atom is -0.493 e. The number of unbranched alkanes of at least 4 members (excludes halogenated alkanes) is 3. The minimum absolute atomic E-state index is 1.01. The molecule has 212 valence electrons. The van der Waals surface area contributed by atoms with Crippen molar-refractivity contribution in [1.29, 1.82) is 0 Å². The molecule has 0 aliphatic carbocycles. The molecule has 1 aliphatic heterocycles. The molecule has 0 saturated heterocycles. The van der Waals surface area contributed by atoms with Gasteiger partial charge in [0.1, 0.15) is 0 Å². The van der Waals surface area contributed by atoms with Gasteiger partial charge in [-0.2, -0.15) is 0 Å². The molecule has 0 atom stereocenters. The van der Waals surface area contributed by atoms with E-state index in [1.54, 1.807) is 4.70 Å². The molecular weight excluding hydrogens is 472 g/mol. The largest absolute Gasteiger partial charge is 0.493 e. The van der Waals surface area contributed by atoms with Gasteiger partial charge in [-0.3, -0.25) is 0 Å². The van der Waals surface area contributed by atoms with Crippen LogP contribution in [-0.4, -0.2) is 4.70 Å². The third-order valence-electron chi connectivity index (χ3n) is 8.82. The topological polar surface area (TPSA) is 25.3 Å². The van der Waals surface area contributed by atoms with E-state index in [0.717, 1.165) is 82.0 Å². The van der Waals surface area contributed by atoms with Gasteiger partial charge in [0.2, 0.25) is 11.4 Å². The van der Waals surface area contributed by atoms with Crippen LogP contribution in [0.4, 0.5) is 0 Å². The van der Waals surface area contributed by atoms with E-state index in [1.807, 2.05) is 0 Å². The van der Waals surface area contributed by atoms with Crippen LogP contribution in [0.25, 0.3) is 16.9 Å². The third-order valence-corrected chi connectivity index (χ3v) is 8.82. The highest BCUT2D eigenvalue weighted by molar-refractivity contribution is 5.83. The van der Waals surface area contributed by atoms with Crippen LogP contribution in [0.5, 0.6) is 0 Å². The summed E-state index contributed by atoms with van der Waals surface area (Å²) in [7, 11) is 0. The SMILES string of the molecule is CCCCCC1=C(c2cc(CC)c(CC)c(CC)c2)[N+](=[N-])C(c2cc(CC)c(CC)c(CC)c2)=C1CCCC. The van der Waals surface area contributed by atoms with E-state index in [4.69, 9.17) is 0 Å². The standard InChI is InChI=1S/C37H54N2/c1-9-17-19-21-35-34(20-18-10-2)36(30-22-26(11-3)32(15-7)27(12-4)23-30)39(38)37(35)31-24-28(13-5)33(16-8)29(14-6)25-31/h22-25H,9-21H2,1-8H3. The Labute approximate surface area is 240 Å². The molecule has 1 aliphatic rings. The van der Waals surface area contributed by atoms with Crippen molar-refractivity contribution in [3.8, 4) is 0 Å². The first-order valence-electron chi connectivity index (χ1n) is 16.2. The lowest BCUT2D eigenvalue weighted by molar-refractivity contribution is -0.345. The molecule has 0 spiro atoms. The molecule has 0 aromatic heterocycles. The Morgan fingerprint density at radius 1 is 0.487 bits per heavy atom. The van der Waals surface area contributed by atoms with Crippen LogP contribution in [0, 0.1) is 0 Å². The van der Waals surface area contributed by atoms with E-state index in [0.29, 0.717) is 0 Å². The Kier molecular flexibility index (Phi) is 11.8. The van der Waals surface area contributed by atoms with E-state index < -0.39 is 0 Å². The van der Waals surface area contributed by atoms with Crippen LogP contribution in [0.3, 0.4) is 0 Å². The number of benzene rings is 2. The molecule has 0 unspecified atom stereocenters. The highest BCUT2D eigenvalue weighted by Gasteiger charge is 2.36. The maximum Gasteiger partial charge on any atom is 0.211 e. The van der Waals surface area contributed by atoms with Gasteiger partial charge in [0.15, 0.2) is 0 Å². The summed E-state index contributed by atoms with van der Waals surface area (Å²) in [4.78, 5) is 0. The maximum absolute atomic E-state index is 12.2. The average molecular weight is 527 g/mol. The summed E-state index contributed by atoms with van der Waals surface area (Å²) in [5.41, 5.74) is 28.1. The van der Waals surface area contributed by atoms with E-state index in [-0.39, 0.29) is 0 Å². The molecule has 39 heavy (non-hydrogen) atoms. The number of allylic oxidation sites excluding steroid dienone is 2. The van der Waals surface area contributed by atoms with E-state index >= 15 is 0 Å². The summed E-state index contributed by atoms with van der Waals surface area (Å²) in [6, 6.07) is 9.52. The predicted molar refractivity (Wildman–Crippen MR) is 170 cm³/mol. The van der Waals surface area contributed by atoms with Crippen LogP contribution >= 0.6 is 0 Å². The summed E-state index contributed by atoms with van der Waals surface area (Å²) in [6.45, 7) is 18.2. The molecule has 3 rings (SSSR count). The summed E-state index contributed by atoms with van der Waals surface area (Å²) in [5.74, 6) is 0. The Hall–Kier alpha value is -2.48. The van der Waals surface area contributed by atoms with E-state index in [1.165, 1.54) is 68.5 Å². The molecule has 0 saturated carbocycles. The molecule has 0 radical (unpaired) electrons. The lowest BCUT2D eigenvalue weighted by Gasteiger charge is -2.17. The first-order valence-corrected chi connectivity index (χ1v) is 16.2. The number of aryl methyl sites for hydroxylation is 4. The average Bonchev–Trinajstić information content (AvgIpc) is 3.24. The van der Waals surface area contributed by atoms with Gasteiger partial charge in [0.05, 0.1) is 0 Å². The fourth-order valence-electron chi connectivity index (χ4n) is 6.73. The van der Waals surface area contributed by atoms with Crippen molar-refractivity contribution in [1.82, 2.24) is 0 Å². The van der Waals surface area contributed by atoms with Crippen molar-refractivity contribution >= 4 is 11.4 Å². The molecule has 2 nitrogen and oxygen atoms in total. The van der Waals surface area contributed by atoms with Crippen molar-refractivity contribution in [3.05, 3.63) is 85.5 Å². The predicted octanol–water partition coefficient (Wildman–Crippen LogP) is 11.0. The highest BCUT2D eigenvalue weighted by Crippen LogP contribution is 2.45. The Bertz CT molecular complexity index is 1170. The quantitative estimate of drug-likeness (QED) is 0.163. The molecule has 0 fully saturated rings. The zero-order valence-corrected chi connectivity index (χ0v) is 26.4. The summed E-state index contributed by atoms with van der Waals surface area (Å²) in [6.07, 6.45) is 14.1. The Morgan fingerprint density at radius 2 is 0.846 bits per heavy atom. The second-order valence-electron chi connectivity index (χ2n) is 11.2. The molecule has 2 aromatic rings. The van der Waals surface area contributed by atoms with Crippen LogP contribution in [-0.2, 0) is 38.5 Å². The molecule has 0 amide bonds. The van der Waals surface area contributed by atoms with Crippen LogP contribution < -0.4 is 0 Å².